The number of nitrogens with zero attached hydrogens (tertiary/aromatic N) is 1. The van der Waals surface area contributed by atoms with Gasteiger partial charge in [-0.25, -0.2) is 4.39 Å². The monoisotopic (exact) mass is 288 g/mol. The fraction of sp³-hybridized carbons (Fsp3) is 0.300. The highest BCUT2D eigenvalue weighted by Crippen LogP contribution is 2.34. The molecule has 4 nitrogen and oxygen atoms in total. The Balaban J connectivity index is 2.44. The van der Waals surface area contributed by atoms with Gasteiger partial charge in [0, 0.05) is 4.47 Å². The summed E-state index contributed by atoms with van der Waals surface area (Å²) in [5, 5.41) is 9.35. The summed E-state index contributed by atoms with van der Waals surface area (Å²) in [6.45, 7) is 0.152. The van der Waals surface area contributed by atoms with Gasteiger partial charge in [-0.15, -0.1) is 0 Å². The number of amides is 1. The molecule has 3 N–H and O–H groups in total. The maximum absolute atomic E-state index is 13.2. The van der Waals surface area contributed by atoms with Crippen molar-refractivity contribution in [1.29, 1.82) is 0 Å². The number of carbonyl (C=O) groups is 1. The predicted molar refractivity (Wildman–Crippen MR) is 61.5 cm³/mol. The third-order valence-electron chi connectivity index (χ3n) is 2.47. The van der Waals surface area contributed by atoms with Gasteiger partial charge in [-0.05, 0) is 28.1 Å². The molecule has 0 saturated carbocycles. The summed E-state index contributed by atoms with van der Waals surface area (Å²) in [4.78, 5) is 12.8. The SMILES string of the molecule is Nc1c(Br)cc(F)cc1N1CC(O)CC1=O. The molecular formula is C10H10BrFN2O2. The number of hydrogen-bond donors (Lipinski definition) is 2. The van der Waals surface area contributed by atoms with Gasteiger partial charge in [0.05, 0.1) is 30.4 Å². The van der Waals surface area contributed by atoms with Crippen LogP contribution in [0.15, 0.2) is 16.6 Å². The van der Waals surface area contributed by atoms with Crippen molar-refractivity contribution in [2.45, 2.75) is 12.5 Å². The maximum Gasteiger partial charge on any atom is 0.229 e. The first-order chi connectivity index (χ1) is 7.49. The molecule has 1 aliphatic rings. The van der Waals surface area contributed by atoms with Crippen LogP contribution in [-0.4, -0.2) is 23.7 Å². The van der Waals surface area contributed by atoms with E-state index >= 15 is 0 Å². The number of nitrogen functional groups attached to an aromatic ring is 1. The smallest absolute Gasteiger partial charge is 0.229 e. The summed E-state index contributed by atoms with van der Waals surface area (Å²) in [6, 6.07) is 2.42. The summed E-state index contributed by atoms with van der Waals surface area (Å²) in [5.74, 6) is -0.734. The molecule has 1 saturated heterocycles. The lowest BCUT2D eigenvalue weighted by Crippen LogP contribution is -2.26. The van der Waals surface area contributed by atoms with Crippen LogP contribution in [0.1, 0.15) is 6.42 Å². The highest BCUT2D eigenvalue weighted by molar-refractivity contribution is 9.10. The van der Waals surface area contributed by atoms with Crippen LogP contribution in [0.4, 0.5) is 15.8 Å². The summed E-state index contributed by atoms with van der Waals surface area (Å²) in [6.07, 6.45) is -0.665. The minimum absolute atomic E-state index is 0.0492. The van der Waals surface area contributed by atoms with Crippen LogP contribution in [0.25, 0.3) is 0 Å². The van der Waals surface area contributed by atoms with Crippen molar-refractivity contribution >= 4 is 33.2 Å². The van der Waals surface area contributed by atoms with E-state index in [0.717, 1.165) is 0 Å². The first-order valence-electron chi connectivity index (χ1n) is 4.72. The van der Waals surface area contributed by atoms with Gasteiger partial charge in [-0.2, -0.15) is 0 Å². The van der Waals surface area contributed by atoms with Gasteiger partial charge in [0.25, 0.3) is 0 Å². The Hall–Kier alpha value is -1.14. The quantitative estimate of drug-likeness (QED) is 0.765. The fourth-order valence-corrected chi connectivity index (χ4v) is 2.14. The van der Waals surface area contributed by atoms with E-state index in [9.17, 15) is 14.3 Å². The van der Waals surface area contributed by atoms with Gasteiger partial charge in [0.15, 0.2) is 0 Å². The van der Waals surface area contributed by atoms with E-state index in [1.807, 2.05) is 0 Å². The molecular weight excluding hydrogens is 279 g/mol. The highest BCUT2D eigenvalue weighted by Gasteiger charge is 2.30. The number of β-amino-alcohol motifs (C(OH)–C–C–N with tert-alkyl or cyclic N) is 1. The third kappa shape index (κ3) is 1.90. The Bertz CT molecular complexity index is 453. The Morgan fingerprint density at radius 3 is 2.81 bits per heavy atom. The Labute approximate surface area is 100.0 Å². The topological polar surface area (TPSA) is 66.6 Å². The largest absolute Gasteiger partial charge is 0.396 e. The molecule has 1 unspecified atom stereocenters. The van der Waals surface area contributed by atoms with Crippen LogP contribution < -0.4 is 10.6 Å². The van der Waals surface area contributed by atoms with E-state index in [4.69, 9.17) is 5.73 Å². The molecule has 1 fully saturated rings. The molecule has 1 amide bonds. The molecule has 1 heterocycles. The van der Waals surface area contributed by atoms with Gasteiger partial charge < -0.3 is 15.7 Å². The molecule has 1 aliphatic heterocycles. The number of nitrogens with two attached hydrogens (primary N) is 1. The molecule has 16 heavy (non-hydrogen) atoms. The minimum Gasteiger partial charge on any atom is -0.396 e. The zero-order valence-corrected chi connectivity index (χ0v) is 9.87. The molecule has 1 atom stereocenters. The van der Waals surface area contributed by atoms with Crippen molar-refractivity contribution in [3.05, 3.63) is 22.4 Å². The van der Waals surface area contributed by atoms with Gasteiger partial charge >= 0.3 is 0 Å². The van der Waals surface area contributed by atoms with Gasteiger partial charge in [-0.3, -0.25) is 4.79 Å². The summed E-state index contributed by atoms with van der Waals surface area (Å²) in [7, 11) is 0. The maximum atomic E-state index is 13.2. The van der Waals surface area contributed by atoms with Crippen molar-refractivity contribution in [3.63, 3.8) is 0 Å². The molecule has 0 radical (unpaired) electrons. The minimum atomic E-state index is -0.714. The van der Waals surface area contributed by atoms with Crippen LogP contribution in [0.2, 0.25) is 0 Å². The Morgan fingerprint density at radius 2 is 2.25 bits per heavy atom. The van der Waals surface area contributed by atoms with Crippen LogP contribution in [0.3, 0.4) is 0 Å². The lowest BCUT2D eigenvalue weighted by molar-refractivity contribution is -0.117. The molecule has 6 heteroatoms. The van der Waals surface area contributed by atoms with Crippen LogP contribution in [0.5, 0.6) is 0 Å². The second kappa shape index (κ2) is 4.03. The number of anilines is 2. The lowest BCUT2D eigenvalue weighted by atomic mass is 10.2. The molecule has 86 valence electrons. The molecule has 1 aromatic carbocycles. The third-order valence-corrected chi connectivity index (χ3v) is 3.12. The zero-order chi connectivity index (χ0) is 11.9. The average Bonchev–Trinajstić information content (AvgIpc) is 2.51. The zero-order valence-electron chi connectivity index (χ0n) is 8.28. The highest BCUT2D eigenvalue weighted by atomic mass is 79.9. The van der Waals surface area contributed by atoms with Crippen LogP contribution in [-0.2, 0) is 4.79 Å². The van der Waals surface area contributed by atoms with E-state index < -0.39 is 11.9 Å². The summed E-state index contributed by atoms with van der Waals surface area (Å²) >= 11 is 3.11. The number of aliphatic hydroxyl groups is 1. The standard InChI is InChI=1S/C10H10BrFN2O2/c11-7-1-5(12)2-8(10(7)13)14-4-6(15)3-9(14)16/h1-2,6,15H,3-4,13H2. The van der Waals surface area contributed by atoms with Gasteiger partial charge in [0.1, 0.15) is 5.82 Å². The fourth-order valence-electron chi connectivity index (χ4n) is 1.72. The van der Waals surface area contributed by atoms with E-state index in [0.29, 0.717) is 15.8 Å². The normalized spacial score (nSPS) is 20.6. The molecule has 0 bridgehead atoms. The number of rotatable bonds is 1. The van der Waals surface area contributed by atoms with Crippen LogP contribution in [0, 0.1) is 5.82 Å². The molecule has 1 aromatic rings. The van der Waals surface area contributed by atoms with E-state index in [-0.39, 0.29) is 18.9 Å². The van der Waals surface area contributed by atoms with E-state index in [1.54, 1.807) is 0 Å². The summed E-state index contributed by atoms with van der Waals surface area (Å²) in [5.41, 5.74) is 6.34. The molecule has 0 spiro atoms. The van der Waals surface area contributed by atoms with E-state index in [1.165, 1.54) is 17.0 Å². The lowest BCUT2D eigenvalue weighted by Gasteiger charge is -2.18. The second-order valence-corrected chi connectivity index (χ2v) is 4.54. The molecule has 2 rings (SSSR count). The van der Waals surface area contributed by atoms with Gasteiger partial charge in [0.2, 0.25) is 5.91 Å². The Morgan fingerprint density at radius 1 is 1.56 bits per heavy atom. The van der Waals surface area contributed by atoms with Crippen molar-refractivity contribution < 1.29 is 14.3 Å². The van der Waals surface area contributed by atoms with Crippen molar-refractivity contribution in [2.75, 3.05) is 17.2 Å². The number of carbonyl (C=O) groups excluding carboxylic acids is 1. The first kappa shape index (κ1) is 11.3. The van der Waals surface area contributed by atoms with Crippen molar-refractivity contribution in [2.24, 2.45) is 0 Å². The number of halogens is 2. The van der Waals surface area contributed by atoms with Gasteiger partial charge in [-0.1, -0.05) is 0 Å². The van der Waals surface area contributed by atoms with Crippen LogP contribution >= 0.6 is 15.9 Å². The molecule has 0 aromatic heterocycles. The number of hydrogen-bond acceptors (Lipinski definition) is 3. The average molecular weight is 289 g/mol. The predicted octanol–water partition coefficient (Wildman–Crippen LogP) is 1.27. The first-order valence-corrected chi connectivity index (χ1v) is 5.51. The second-order valence-electron chi connectivity index (χ2n) is 3.68. The number of benzene rings is 1. The molecule has 0 aliphatic carbocycles. The number of aliphatic hydroxyl groups excluding tert-OH is 1. The Kier molecular flexibility index (Phi) is 2.86. The summed E-state index contributed by atoms with van der Waals surface area (Å²) < 4.78 is 13.6. The van der Waals surface area contributed by atoms with Crippen molar-refractivity contribution in [1.82, 2.24) is 0 Å². The van der Waals surface area contributed by atoms with Crippen molar-refractivity contribution in [3.8, 4) is 0 Å². The van der Waals surface area contributed by atoms with E-state index in [2.05, 4.69) is 15.9 Å².